The van der Waals surface area contributed by atoms with Crippen molar-refractivity contribution in [2.24, 2.45) is 0 Å². The van der Waals surface area contributed by atoms with Crippen molar-refractivity contribution in [2.75, 3.05) is 0 Å². The van der Waals surface area contributed by atoms with E-state index >= 15 is 0 Å². The van der Waals surface area contributed by atoms with E-state index in [1.807, 2.05) is 6.07 Å². The number of rotatable bonds is 0. The first-order chi connectivity index (χ1) is 14.4. The number of fused-ring (bicyclic) bond motifs is 3. The van der Waals surface area contributed by atoms with Gasteiger partial charge in [0.15, 0.2) is 0 Å². The molecule has 0 nitrogen and oxygen atoms in total. The van der Waals surface area contributed by atoms with E-state index in [1.165, 1.54) is 65.5 Å². The van der Waals surface area contributed by atoms with Crippen molar-refractivity contribution in [3.8, 4) is 11.1 Å². The minimum atomic E-state index is 0. The SMILES string of the molecule is Cc1ccc[c-]1C(C)(C)C.[Cl-].[Cl-].[Zr+2]=[C]1CCCCC1.[c-]1cccc2c1Cc1ccccc1-2. The van der Waals surface area contributed by atoms with E-state index in [0.717, 1.165) is 6.42 Å². The van der Waals surface area contributed by atoms with Crippen LogP contribution >= 0.6 is 0 Å². The van der Waals surface area contributed by atoms with Crippen LogP contribution in [0.15, 0.2) is 60.7 Å². The average molecular weight is 545 g/mol. The van der Waals surface area contributed by atoms with Crippen LogP contribution in [0, 0.1) is 13.0 Å². The van der Waals surface area contributed by atoms with E-state index in [-0.39, 0.29) is 24.8 Å². The fourth-order valence-corrected chi connectivity index (χ4v) is 5.20. The van der Waals surface area contributed by atoms with Crippen molar-refractivity contribution in [1.29, 1.82) is 0 Å². The van der Waals surface area contributed by atoms with Gasteiger partial charge in [-0.15, -0.1) is 11.1 Å². The predicted octanol–water partition coefficient (Wildman–Crippen LogP) is 1.75. The summed E-state index contributed by atoms with van der Waals surface area (Å²) in [6, 6.07) is 24.6. The van der Waals surface area contributed by atoms with Crippen LogP contribution in [0.1, 0.15) is 75.1 Å². The Labute approximate surface area is 222 Å². The summed E-state index contributed by atoms with van der Waals surface area (Å²) in [6.07, 6.45) is 8.36. The van der Waals surface area contributed by atoms with E-state index in [9.17, 15) is 0 Å². The summed E-state index contributed by atoms with van der Waals surface area (Å²) in [5.41, 5.74) is 8.70. The van der Waals surface area contributed by atoms with Crippen LogP contribution < -0.4 is 24.8 Å². The molecule has 3 heteroatoms. The van der Waals surface area contributed by atoms with Gasteiger partial charge in [0.25, 0.3) is 0 Å². The van der Waals surface area contributed by atoms with Crippen LogP contribution in [0.4, 0.5) is 0 Å². The molecule has 0 spiro atoms. The molecule has 0 saturated heterocycles. The largest absolute Gasteiger partial charge is 0.179 e. The summed E-state index contributed by atoms with van der Waals surface area (Å²) in [5.74, 6) is 0. The first kappa shape index (κ1) is 29.2. The summed E-state index contributed by atoms with van der Waals surface area (Å²) < 4.78 is 1.80. The Kier molecular flexibility index (Phi) is 12.5. The zero-order valence-electron chi connectivity index (χ0n) is 19.8. The fraction of sp³-hybridized carbons (Fsp3) is 0.379. The molecule has 1 fully saturated rings. The first-order valence-corrected chi connectivity index (χ1v) is 12.5. The molecule has 1 saturated carbocycles. The van der Waals surface area contributed by atoms with Gasteiger partial charge >= 0.3 is 59.5 Å². The van der Waals surface area contributed by atoms with E-state index in [1.54, 1.807) is 27.4 Å². The van der Waals surface area contributed by atoms with Crippen LogP contribution in [0.3, 0.4) is 0 Å². The first-order valence-electron chi connectivity index (χ1n) is 11.2. The minimum absolute atomic E-state index is 0. The Morgan fingerprint density at radius 1 is 0.844 bits per heavy atom. The minimum Gasteiger partial charge on any atom is -0.179 e. The molecule has 170 valence electrons. The number of hydrogen-bond donors (Lipinski definition) is 0. The van der Waals surface area contributed by atoms with Gasteiger partial charge < -0.3 is 24.8 Å². The zero-order chi connectivity index (χ0) is 21.6. The van der Waals surface area contributed by atoms with Crippen molar-refractivity contribution < 1.29 is 49.0 Å². The molecular weight excluding hydrogens is 510 g/mol. The van der Waals surface area contributed by atoms with Gasteiger partial charge in [-0.25, -0.2) is 12.1 Å². The second-order valence-electron chi connectivity index (χ2n) is 9.43. The second kappa shape index (κ2) is 13.7. The Bertz CT molecular complexity index is 927. The number of aryl methyl sites for hydroxylation is 1. The third-order valence-electron chi connectivity index (χ3n) is 5.92. The average Bonchev–Trinajstić information content (AvgIpc) is 3.33. The molecule has 0 bridgehead atoms. The fourth-order valence-electron chi connectivity index (χ4n) is 4.33. The molecule has 0 amide bonds. The van der Waals surface area contributed by atoms with Gasteiger partial charge in [0, 0.05) is 0 Å². The molecule has 0 radical (unpaired) electrons. The predicted molar refractivity (Wildman–Crippen MR) is 127 cm³/mol. The molecule has 0 heterocycles. The molecule has 0 N–H and O–H groups in total. The van der Waals surface area contributed by atoms with E-state index in [0.29, 0.717) is 5.41 Å². The molecular formula is C29H34Cl2Zr-2. The molecule has 0 aliphatic heterocycles. The summed E-state index contributed by atoms with van der Waals surface area (Å²) in [6.45, 7) is 8.90. The number of hydrogen-bond acceptors (Lipinski definition) is 0. The molecule has 2 aliphatic rings. The molecule has 3 aromatic carbocycles. The van der Waals surface area contributed by atoms with E-state index in [4.69, 9.17) is 0 Å². The molecule has 0 unspecified atom stereocenters. The van der Waals surface area contributed by atoms with Crippen LogP contribution in [0.25, 0.3) is 11.1 Å². The van der Waals surface area contributed by atoms with Gasteiger partial charge in [-0.1, -0.05) is 68.5 Å². The Hall–Kier alpha value is -0.877. The topological polar surface area (TPSA) is 0 Å². The molecule has 0 atom stereocenters. The van der Waals surface area contributed by atoms with Gasteiger partial charge in [0.2, 0.25) is 0 Å². The Morgan fingerprint density at radius 3 is 2.03 bits per heavy atom. The standard InChI is InChI=1S/C13H9.C10H15.C6H10.2ClH.Zr/c1-3-7-12-10(5-1)9-11-6-2-4-8-13(11)12;1-8-6-5-7-9(8)10(2,3)4;1-2-4-6-5-3-1;;;/h1-5,7-8H,9H2;5-7H,1-4H3;1-5H2;2*1H;/q2*-1;;;;+2/p-2. The number of halogens is 2. The van der Waals surface area contributed by atoms with Gasteiger partial charge in [0.1, 0.15) is 0 Å². The second-order valence-corrected chi connectivity index (χ2v) is 11.2. The van der Waals surface area contributed by atoms with Crippen molar-refractivity contribution in [3.63, 3.8) is 0 Å². The normalized spacial score (nSPS) is 13.8. The summed E-state index contributed by atoms with van der Waals surface area (Å²) >= 11 is 1.69. The molecule has 2 aliphatic carbocycles. The summed E-state index contributed by atoms with van der Waals surface area (Å²) in [7, 11) is 0. The van der Waals surface area contributed by atoms with E-state index < -0.39 is 0 Å². The maximum absolute atomic E-state index is 3.30. The molecule has 5 rings (SSSR count). The summed E-state index contributed by atoms with van der Waals surface area (Å²) in [4.78, 5) is 0. The Morgan fingerprint density at radius 2 is 1.50 bits per heavy atom. The molecule has 32 heavy (non-hydrogen) atoms. The monoisotopic (exact) mass is 542 g/mol. The summed E-state index contributed by atoms with van der Waals surface area (Å²) in [5, 5.41) is 0. The number of benzene rings is 2. The van der Waals surface area contributed by atoms with Gasteiger partial charge in [-0.3, -0.25) is 0 Å². The van der Waals surface area contributed by atoms with E-state index in [2.05, 4.69) is 88.4 Å². The third-order valence-corrected chi connectivity index (χ3v) is 7.14. The van der Waals surface area contributed by atoms with Gasteiger partial charge in [0.05, 0.1) is 0 Å². The maximum Gasteiger partial charge on any atom is -0.0253 e. The van der Waals surface area contributed by atoms with Crippen LogP contribution in [0.5, 0.6) is 0 Å². The third kappa shape index (κ3) is 8.16. The smallest absolute Gasteiger partial charge is 0.0253 e. The van der Waals surface area contributed by atoms with Crippen molar-refractivity contribution in [1.82, 2.24) is 0 Å². The zero-order valence-corrected chi connectivity index (χ0v) is 23.7. The van der Waals surface area contributed by atoms with Gasteiger partial charge in [-0.2, -0.15) is 41.5 Å². The van der Waals surface area contributed by atoms with Crippen LogP contribution in [0.2, 0.25) is 0 Å². The van der Waals surface area contributed by atoms with Crippen molar-refractivity contribution >= 4 is 3.21 Å². The molecule has 3 aromatic rings. The maximum atomic E-state index is 3.30. The quantitative estimate of drug-likeness (QED) is 0.296. The molecule has 0 aromatic heterocycles. The van der Waals surface area contributed by atoms with Crippen molar-refractivity contribution in [3.05, 3.63) is 89.0 Å². The van der Waals surface area contributed by atoms with Gasteiger partial charge in [-0.05, 0) is 6.42 Å². The van der Waals surface area contributed by atoms with Crippen LogP contribution in [-0.4, -0.2) is 3.21 Å². The Balaban J connectivity index is 0.000000244. The van der Waals surface area contributed by atoms with Crippen molar-refractivity contribution in [2.45, 2.75) is 71.6 Å². The van der Waals surface area contributed by atoms with Crippen LogP contribution in [-0.2, 0) is 36.1 Å².